The predicted molar refractivity (Wildman–Crippen MR) is 83.6 cm³/mol. The Kier molecular flexibility index (Phi) is 5.99. The van der Waals surface area contributed by atoms with Gasteiger partial charge in [-0.15, -0.1) is 0 Å². The normalized spacial score (nSPS) is 15.6. The zero-order chi connectivity index (χ0) is 15.1. The summed E-state index contributed by atoms with van der Waals surface area (Å²) in [7, 11) is 0. The van der Waals surface area contributed by atoms with Crippen LogP contribution in [-0.4, -0.2) is 53.7 Å². The third kappa shape index (κ3) is 4.17. The molecule has 2 rings (SSSR count). The zero-order valence-corrected chi connectivity index (χ0v) is 12.8. The first-order valence-corrected chi connectivity index (χ1v) is 7.87. The van der Waals surface area contributed by atoms with E-state index in [1.807, 2.05) is 13.0 Å². The van der Waals surface area contributed by atoms with Crippen molar-refractivity contribution < 1.29 is 9.90 Å². The third-order valence-corrected chi connectivity index (χ3v) is 3.96. The summed E-state index contributed by atoms with van der Waals surface area (Å²) in [6.07, 6.45) is 6.63. The highest BCUT2D eigenvalue weighted by Crippen LogP contribution is 2.19. The maximum Gasteiger partial charge on any atom is 0.254 e. The lowest BCUT2D eigenvalue weighted by atomic mass is 10.2. The Morgan fingerprint density at radius 3 is 2.67 bits per heavy atom. The van der Waals surface area contributed by atoms with Gasteiger partial charge in [0.2, 0.25) is 0 Å². The number of pyridine rings is 1. The Balaban J connectivity index is 2.14. The number of carbonyl (C=O) groups excluding carboxylic acids is 1. The van der Waals surface area contributed by atoms with Crippen LogP contribution in [-0.2, 0) is 0 Å². The van der Waals surface area contributed by atoms with Crippen LogP contribution in [0, 0.1) is 0 Å². The molecular weight excluding hydrogens is 266 g/mol. The van der Waals surface area contributed by atoms with Gasteiger partial charge in [-0.25, -0.2) is 4.98 Å². The second-order valence-electron chi connectivity index (χ2n) is 5.41. The fraction of sp³-hybridized carbons (Fsp3) is 0.625. The van der Waals surface area contributed by atoms with Gasteiger partial charge in [-0.05, 0) is 31.9 Å². The van der Waals surface area contributed by atoms with Crippen molar-refractivity contribution in [1.29, 1.82) is 0 Å². The predicted octanol–water partition coefficient (Wildman–Crippen LogP) is 1.92. The minimum absolute atomic E-state index is 0.0103. The van der Waals surface area contributed by atoms with E-state index < -0.39 is 0 Å². The lowest BCUT2D eigenvalue weighted by molar-refractivity contribution is 0.0732. The van der Waals surface area contributed by atoms with Gasteiger partial charge in [0.25, 0.3) is 5.91 Å². The van der Waals surface area contributed by atoms with E-state index in [4.69, 9.17) is 5.11 Å². The standard InChI is InChI=1S/C16H25N3O2/c1-2-18(11-12-20)16(21)14-7-8-17-15(13-14)19-9-5-3-4-6-10-19/h7-8,13,20H,2-6,9-12H2,1H3. The van der Waals surface area contributed by atoms with Crippen molar-refractivity contribution in [2.75, 3.05) is 37.7 Å². The smallest absolute Gasteiger partial charge is 0.254 e. The van der Waals surface area contributed by atoms with Gasteiger partial charge in [-0.3, -0.25) is 4.79 Å². The molecule has 1 saturated heterocycles. The topological polar surface area (TPSA) is 56.7 Å². The van der Waals surface area contributed by atoms with Crippen molar-refractivity contribution in [2.24, 2.45) is 0 Å². The fourth-order valence-corrected chi connectivity index (χ4v) is 2.73. The number of anilines is 1. The molecule has 1 amide bonds. The van der Waals surface area contributed by atoms with Crippen molar-refractivity contribution in [2.45, 2.75) is 32.6 Å². The minimum atomic E-state index is -0.0370. The van der Waals surface area contributed by atoms with E-state index in [9.17, 15) is 4.79 Å². The molecule has 0 radical (unpaired) electrons. The monoisotopic (exact) mass is 291 g/mol. The van der Waals surface area contributed by atoms with Gasteiger partial charge in [0.15, 0.2) is 0 Å². The molecule has 0 atom stereocenters. The molecule has 1 aromatic rings. The van der Waals surface area contributed by atoms with Gasteiger partial charge in [0.1, 0.15) is 5.82 Å². The average Bonchev–Trinajstić information content (AvgIpc) is 2.81. The SMILES string of the molecule is CCN(CCO)C(=O)c1ccnc(N2CCCCCC2)c1. The van der Waals surface area contributed by atoms with E-state index in [1.165, 1.54) is 25.7 Å². The second kappa shape index (κ2) is 7.98. The number of nitrogens with zero attached hydrogens (tertiary/aromatic N) is 3. The van der Waals surface area contributed by atoms with Gasteiger partial charge in [-0.1, -0.05) is 12.8 Å². The highest BCUT2D eigenvalue weighted by atomic mass is 16.3. The van der Waals surface area contributed by atoms with E-state index in [0.717, 1.165) is 18.9 Å². The molecule has 1 aliphatic rings. The van der Waals surface area contributed by atoms with E-state index >= 15 is 0 Å². The number of hydrogen-bond acceptors (Lipinski definition) is 4. The van der Waals surface area contributed by atoms with E-state index in [0.29, 0.717) is 18.7 Å². The van der Waals surface area contributed by atoms with Crippen LogP contribution in [0.25, 0.3) is 0 Å². The van der Waals surface area contributed by atoms with Crippen LogP contribution in [0.5, 0.6) is 0 Å². The average molecular weight is 291 g/mol. The zero-order valence-electron chi connectivity index (χ0n) is 12.8. The molecule has 1 fully saturated rings. The van der Waals surface area contributed by atoms with Crippen LogP contribution in [0.15, 0.2) is 18.3 Å². The number of carbonyl (C=O) groups is 1. The van der Waals surface area contributed by atoms with E-state index in [2.05, 4.69) is 9.88 Å². The van der Waals surface area contributed by atoms with Gasteiger partial charge < -0.3 is 14.9 Å². The van der Waals surface area contributed by atoms with Crippen LogP contribution >= 0.6 is 0 Å². The molecule has 0 spiro atoms. The Bertz CT molecular complexity index is 457. The molecule has 0 aromatic carbocycles. The highest BCUT2D eigenvalue weighted by molar-refractivity contribution is 5.94. The van der Waals surface area contributed by atoms with Crippen molar-refractivity contribution in [3.63, 3.8) is 0 Å². The van der Waals surface area contributed by atoms with Crippen molar-refractivity contribution in [3.8, 4) is 0 Å². The van der Waals surface area contributed by atoms with Crippen LogP contribution in [0.2, 0.25) is 0 Å². The molecule has 0 bridgehead atoms. The van der Waals surface area contributed by atoms with Crippen LogP contribution < -0.4 is 4.90 Å². The Morgan fingerprint density at radius 2 is 2.05 bits per heavy atom. The minimum Gasteiger partial charge on any atom is -0.395 e. The summed E-state index contributed by atoms with van der Waals surface area (Å²) in [5.41, 5.74) is 0.652. The molecule has 5 nitrogen and oxygen atoms in total. The molecule has 1 N–H and O–H groups in total. The first-order chi connectivity index (χ1) is 10.3. The summed E-state index contributed by atoms with van der Waals surface area (Å²) in [6, 6.07) is 3.64. The number of rotatable bonds is 5. The molecule has 0 unspecified atom stereocenters. The molecule has 2 heterocycles. The van der Waals surface area contributed by atoms with Crippen LogP contribution in [0.1, 0.15) is 43.0 Å². The van der Waals surface area contributed by atoms with Gasteiger partial charge in [-0.2, -0.15) is 0 Å². The first-order valence-electron chi connectivity index (χ1n) is 7.87. The number of hydrogen-bond donors (Lipinski definition) is 1. The van der Waals surface area contributed by atoms with E-state index in [-0.39, 0.29) is 12.5 Å². The molecule has 1 aliphatic heterocycles. The Hall–Kier alpha value is -1.62. The molecule has 0 aliphatic carbocycles. The lowest BCUT2D eigenvalue weighted by Gasteiger charge is -2.23. The lowest BCUT2D eigenvalue weighted by Crippen LogP contribution is -2.33. The third-order valence-electron chi connectivity index (χ3n) is 3.96. The van der Waals surface area contributed by atoms with Gasteiger partial charge in [0, 0.05) is 37.9 Å². The van der Waals surface area contributed by atoms with Gasteiger partial charge >= 0.3 is 0 Å². The molecule has 116 valence electrons. The van der Waals surface area contributed by atoms with Gasteiger partial charge in [0.05, 0.1) is 6.61 Å². The van der Waals surface area contributed by atoms with E-state index in [1.54, 1.807) is 17.2 Å². The molecular formula is C16H25N3O2. The Labute approximate surface area is 126 Å². The van der Waals surface area contributed by atoms with Crippen molar-refractivity contribution in [3.05, 3.63) is 23.9 Å². The van der Waals surface area contributed by atoms with Crippen LogP contribution in [0.3, 0.4) is 0 Å². The van der Waals surface area contributed by atoms with Crippen molar-refractivity contribution in [1.82, 2.24) is 9.88 Å². The van der Waals surface area contributed by atoms with Crippen LogP contribution in [0.4, 0.5) is 5.82 Å². The highest BCUT2D eigenvalue weighted by Gasteiger charge is 2.16. The second-order valence-corrected chi connectivity index (χ2v) is 5.41. The number of likely N-dealkylation sites (N-methyl/N-ethyl adjacent to an activating group) is 1. The molecule has 0 saturated carbocycles. The molecule has 5 heteroatoms. The quantitative estimate of drug-likeness (QED) is 0.900. The summed E-state index contributed by atoms with van der Waals surface area (Å²) in [5, 5.41) is 9.04. The first kappa shape index (κ1) is 15.8. The largest absolute Gasteiger partial charge is 0.395 e. The summed E-state index contributed by atoms with van der Waals surface area (Å²) >= 11 is 0. The molecule has 1 aromatic heterocycles. The fourth-order valence-electron chi connectivity index (χ4n) is 2.73. The molecule has 21 heavy (non-hydrogen) atoms. The Morgan fingerprint density at radius 1 is 1.33 bits per heavy atom. The maximum absolute atomic E-state index is 12.4. The number of amides is 1. The summed E-state index contributed by atoms with van der Waals surface area (Å²) in [4.78, 5) is 20.8. The summed E-state index contributed by atoms with van der Waals surface area (Å²) in [6.45, 7) is 4.91. The number of aliphatic hydroxyl groups excluding tert-OH is 1. The number of aromatic nitrogens is 1. The number of aliphatic hydroxyl groups is 1. The summed E-state index contributed by atoms with van der Waals surface area (Å²) < 4.78 is 0. The maximum atomic E-state index is 12.4. The summed E-state index contributed by atoms with van der Waals surface area (Å²) in [5.74, 6) is 0.854. The van der Waals surface area contributed by atoms with Crippen molar-refractivity contribution >= 4 is 11.7 Å².